The summed E-state index contributed by atoms with van der Waals surface area (Å²) in [5.74, 6) is 1.73. The van der Waals surface area contributed by atoms with Crippen molar-refractivity contribution in [1.82, 2.24) is 15.2 Å². The molecule has 33 heavy (non-hydrogen) atoms. The van der Waals surface area contributed by atoms with Gasteiger partial charge in [0.2, 0.25) is 5.91 Å². The molecule has 2 aromatic carbocycles. The van der Waals surface area contributed by atoms with Crippen LogP contribution in [-0.2, 0) is 17.8 Å². The van der Waals surface area contributed by atoms with E-state index in [0.29, 0.717) is 18.3 Å². The quantitative estimate of drug-likeness (QED) is 0.502. The van der Waals surface area contributed by atoms with E-state index in [1.165, 1.54) is 29.7 Å². The van der Waals surface area contributed by atoms with Gasteiger partial charge < -0.3 is 14.8 Å². The molecule has 1 N–H and O–H groups in total. The van der Waals surface area contributed by atoms with Gasteiger partial charge in [0.05, 0.1) is 13.1 Å². The summed E-state index contributed by atoms with van der Waals surface area (Å²) in [4.78, 5) is 19.6. The summed E-state index contributed by atoms with van der Waals surface area (Å²) in [5, 5.41) is 3.56. The molecule has 3 aromatic rings. The molecule has 2 aliphatic heterocycles. The molecule has 8 heteroatoms. The number of nitrogens with one attached hydrogen (secondary N) is 1. The summed E-state index contributed by atoms with van der Waals surface area (Å²) in [7, 11) is 0. The van der Waals surface area contributed by atoms with E-state index in [2.05, 4.69) is 27.3 Å². The highest BCUT2D eigenvalue weighted by Gasteiger charge is 2.22. The van der Waals surface area contributed by atoms with Crippen molar-refractivity contribution in [2.24, 2.45) is 0 Å². The van der Waals surface area contributed by atoms with Crippen LogP contribution in [0.1, 0.15) is 41.4 Å². The number of benzene rings is 2. The third-order valence-corrected chi connectivity index (χ3v) is 6.79. The van der Waals surface area contributed by atoms with E-state index in [-0.39, 0.29) is 24.4 Å². The largest absolute Gasteiger partial charge is 0.485 e. The summed E-state index contributed by atoms with van der Waals surface area (Å²) >= 11 is 1.45. The number of ether oxygens (including phenoxy) is 2. The van der Waals surface area contributed by atoms with Crippen LogP contribution in [-0.4, -0.2) is 35.4 Å². The van der Waals surface area contributed by atoms with Crippen molar-refractivity contribution >= 4 is 29.7 Å². The van der Waals surface area contributed by atoms with Gasteiger partial charge in [0, 0.05) is 11.1 Å². The minimum absolute atomic E-state index is 0. The number of fused-ring (bicyclic) bond motifs is 1. The molecule has 3 heterocycles. The summed E-state index contributed by atoms with van der Waals surface area (Å²) in [6.07, 6.45) is 6.12. The van der Waals surface area contributed by atoms with Gasteiger partial charge in [-0.15, -0.1) is 12.4 Å². The standard InChI is InChI=1S/C25H27N3O3S.ClH/c29-24(17-28-12-4-5-13-28)26-15-21-16-27-25(32-21)30-20-9-11-23-19(14-20)8-10-22(31-23)18-6-2-1-3-7-18;/h1-3,6-7,9,11,14,16,22H,4-5,8,10,12-13,15,17H2,(H,26,29);1H. The molecule has 1 aromatic heterocycles. The number of nitrogens with zero attached hydrogens (tertiary/aromatic N) is 2. The van der Waals surface area contributed by atoms with Gasteiger partial charge in [-0.25, -0.2) is 4.98 Å². The lowest BCUT2D eigenvalue weighted by Gasteiger charge is -2.26. The lowest BCUT2D eigenvalue weighted by atomic mass is 9.97. The number of likely N-dealkylation sites (tertiary alicyclic amines) is 1. The summed E-state index contributed by atoms with van der Waals surface area (Å²) in [6.45, 7) is 2.99. The van der Waals surface area contributed by atoms with E-state index in [0.717, 1.165) is 47.9 Å². The number of rotatable bonds is 7. The smallest absolute Gasteiger partial charge is 0.278 e. The van der Waals surface area contributed by atoms with Crippen LogP contribution in [0.2, 0.25) is 0 Å². The zero-order valence-corrected chi connectivity index (χ0v) is 20.0. The van der Waals surface area contributed by atoms with Gasteiger partial charge in [0.15, 0.2) is 0 Å². The second kappa shape index (κ2) is 11.0. The Kier molecular flexibility index (Phi) is 7.85. The predicted octanol–water partition coefficient (Wildman–Crippen LogP) is 5.14. The van der Waals surface area contributed by atoms with Crippen molar-refractivity contribution in [1.29, 1.82) is 0 Å². The Morgan fingerprint density at radius 2 is 2.00 bits per heavy atom. The van der Waals surface area contributed by atoms with E-state index in [1.54, 1.807) is 6.20 Å². The maximum Gasteiger partial charge on any atom is 0.278 e. The fraction of sp³-hybridized carbons (Fsp3) is 0.360. The normalized spacial score (nSPS) is 17.5. The van der Waals surface area contributed by atoms with Gasteiger partial charge in [-0.05, 0) is 68.1 Å². The molecule has 0 spiro atoms. The predicted molar refractivity (Wildman–Crippen MR) is 132 cm³/mol. The second-order valence-corrected chi connectivity index (χ2v) is 9.36. The SMILES string of the molecule is Cl.O=C(CN1CCCC1)NCc1cnc(Oc2ccc3c(c2)CCC(c2ccccc2)O3)s1. The third kappa shape index (κ3) is 6.05. The lowest BCUT2D eigenvalue weighted by Crippen LogP contribution is -2.35. The Morgan fingerprint density at radius 3 is 2.82 bits per heavy atom. The number of hydrogen-bond donors (Lipinski definition) is 1. The first kappa shape index (κ1) is 23.5. The maximum atomic E-state index is 12.1. The molecule has 0 radical (unpaired) electrons. The number of aromatic nitrogens is 1. The van der Waals surface area contributed by atoms with Crippen LogP contribution < -0.4 is 14.8 Å². The summed E-state index contributed by atoms with van der Waals surface area (Å²) < 4.78 is 12.2. The van der Waals surface area contributed by atoms with Gasteiger partial charge in [-0.1, -0.05) is 41.7 Å². The number of aryl methyl sites for hydroxylation is 1. The highest BCUT2D eigenvalue weighted by Crippen LogP contribution is 2.38. The zero-order chi connectivity index (χ0) is 21.8. The minimum atomic E-state index is 0. The van der Waals surface area contributed by atoms with Crippen molar-refractivity contribution in [3.63, 3.8) is 0 Å². The van der Waals surface area contributed by atoms with Crippen LogP contribution in [0.4, 0.5) is 0 Å². The average Bonchev–Trinajstić information content (AvgIpc) is 3.50. The number of amides is 1. The van der Waals surface area contributed by atoms with Gasteiger partial charge in [-0.3, -0.25) is 9.69 Å². The average molecular weight is 486 g/mol. The summed E-state index contributed by atoms with van der Waals surface area (Å²) in [6, 6.07) is 16.3. The first-order chi connectivity index (χ1) is 15.7. The van der Waals surface area contributed by atoms with Gasteiger partial charge in [-0.2, -0.15) is 0 Å². The Bertz CT molecular complexity index is 1070. The van der Waals surface area contributed by atoms with Crippen molar-refractivity contribution in [3.8, 4) is 16.7 Å². The lowest BCUT2D eigenvalue weighted by molar-refractivity contribution is -0.122. The number of hydrogen-bond acceptors (Lipinski definition) is 6. The molecule has 0 aliphatic carbocycles. The van der Waals surface area contributed by atoms with E-state index in [4.69, 9.17) is 9.47 Å². The van der Waals surface area contributed by atoms with Gasteiger partial charge >= 0.3 is 0 Å². The first-order valence-electron chi connectivity index (χ1n) is 11.2. The molecule has 1 atom stereocenters. The number of carbonyl (C=O) groups is 1. The number of thiazole rings is 1. The molecule has 1 fully saturated rings. The molecular formula is C25H28ClN3O3S. The van der Waals surface area contributed by atoms with Crippen LogP contribution >= 0.6 is 23.7 Å². The van der Waals surface area contributed by atoms with Crippen LogP contribution in [0.5, 0.6) is 16.7 Å². The summed E-state index contributed by atoms with van der Waals surface area (Å²) in [5.41, 5.74) is 2.36. The van der Waals surface area contributed by atoms with Crippen molar-refractivity contribution < 1.29 is 14.3 Å². The van der Waals surface area contributed by atoms with Crippen LogP contribution in [0.3, 0.4) is 0 Å². The molecule has 5 rings (SSSR count). The monoisotopic (exact) mass is 485 g/mol. The molecule has 1 amide bonds. The van der Waals surface area contributed by atoms with Crippen molar-refractivity contribution in [3.05, 3.63) is 70.7 Å². The molecule has 1 unspecified atom stereocenters. The van der Waals surface area contributed by atoms with E-state index < -0.39 is 0 Å². The number of carbonyl (C=O) groups excluding carboxylic acids is 1. The minimum Gasteiger partial charge on any atom is -0.485 e. The first-order valence-corrected chi connectivity index (χ1v) is 12.0. The highest BCUT2D eigenvalue weighted by atomic mass is 35.5. The molecule has 0 saturated carbocycles. The molecule has 6 nitrogen and oxygen atoms in total. The molecule has 174 valence electrons. The topological polar surface area (TPSA) is 63.7 Å². The van der Waals surface area contributed by atoms with E-state index >= 15 is 0 Å². The highest BCUT2D eigenvalue weighted by molar-refractivity contribution is 7.13. The Balaban J connectivity index is 0.00000259. The Morgan fingerprint density at radius 1 is 1.18 bits per heavy atom. The maximum absolute atomic E-state index is 12.1. The Labute approximate surface area is 204 Å². The fourth-order valence-electron chi connectivity index (χ4n) is 4.24. The zero-order valence-electron chi connectivity index (χ0n) is 18.4. The van der Waals surface area contributed by atoms with Gasteiger partial charge in [0.1, 0.15) is 17.6 Å². The third-order valence-electron chi connectivity index (χ3n) is 5.91. The molecule has 1 saturated heterocycles. The van der Waals surface area contributed by atoms with Crippen LogP contribution in [0, 0.1) is 0 Å². The number of halogens is 1. The van der Waals surface area contributed by atoms with Crippen LogP contribution in [0.25, 0.3) is 0 Å². The second-order valence-electron chi connectivity index (χ2n) is 8.28. The van der Waals surface area contributed by atoms with E-state index in [1.807, 2.05) is 36.4 Å². The molecule has 2 aliphatic rings. The Hall–Kier alpha value is -2.61. The van der Waals surface area contributed by atoms with Crippen LogP contribution in [0.15, 0.2) is 54.7 Å². The fourth-order valence-corrected chi connectivity index (χ4v) is 4.95. The van der Waals surface area contributed by atoms with Crippen molar-refractivity contribution in [2.75, 3.05) is 19.6 Å². The van der Waals surface area contributed by atoms with E-state index in [9.17, 15) is 4.79 Å². The molecule has 0 bridgehead atoms. The molecular weight excluding hydrogens is 458 g/mol. The van der Waals surface area contributed by atoms with Crippen molar-refractivity contribution in [2.45, 2.75) is 38.3 Å². The van der Waals surface area contributed by atoms with Gasteiger partial charge in [0.25, 0.3) is 5.19 Å².